The Balaban J connectivity index is 1.44. The highest BCUT2D eigenvalue weighted by Crippen LogP contribution is 2.37. The van der Waals surface area contributed by atoms with E-state index in [0.29, 0.717) is 54.1 Å². The fourth-order valence-corrected chi connectivity index (χ4v) is 4.55. The Morgan fingerprint density at radius 2 is 1.55 bits per heavy atom. The number of benzene rings is 3. The van der Waals surface area contributed by atoms with Crippen molar-refractivity contribution in [2.75, 3.05) is 23.4 Å². The molecule has 6 nitrogen and oxygen atoms in total. The molecule has 7 heteroatoms. The molecule has 0 aromatic heterocycles. The molecule has 2 aliphatic heterocycles. The van der Waals surface area contributed by atoms with Gasteiger partial charge in [0.15, 0.2) is 0 Å². The minimum absolute atomic E-state index is 0.282. The van der Waals surface area contributed by atoms with Crippen LogP contribution in [0.1, 0.15) is 39.1 Å². The van der Waals surface area contributed by atoms with Gasteiger partial charge in [-0.2, -0.15) is 0 Å². The van der Waals surface area contributed by atoms with Gasteiger partial charge in [0, 0.05) is 18.9 Å². The van der Waals surface area contributed by atoms with Gasteiger partial charge in [-0.15, -0.1) is 0 Å². The van der Waals surface area contributed by atoms with E-state index in [1.807, 2.05) is 0 Å². The number of hydrogen-bond donors (Lipinski definition) is 1. The number of ether oxygens (including phenoxy) is 1. The first-order valence-electron chi connectivity index (χ1n) is 10.7. The SMILES string of the molecule is O=C1c2ccccc2C(=O)N1c1cccc(NC(=O)C2(c3cccc(F)c3)CCOCC2)c1. The number of imide groups is 1. The molecule has 0 spiro atoms. The Labute approximate surface area is 190 Å². The van der Waals surface area contributed by atoms with Crippen LogP contribution in [0.2, 0.25) is 0 Å². The molecule has 1 saturated heterocycles. The third-order valence-corrected chi connectivity index (χ3v) is 6.31. The lowest BCUT2D eigenvalue weighted by atomic mass is 9.73. The molecular weight excluding hydrogens is 423 g/mol. The predicted molar refractivity (Wildman–Crippen MR) is 121 cm³/mol. The van der Waals surface area contributed by atoms with Gasteiger partial charge in [0.05, 0.1) is 22.2 Å². The molecule has 0 saturated carbocycles. The van der Waals surface area contributed by atoms with Gasteiger partial charge < -0.3 is 10.1 Å². The molecule has 166 valence electrons. The molecule has 2 aliphatic rings. The van der Waals surface area contributed by atoms with Crippen molar-refractivity contribution in [2.45, 2.75) is 18.3 Å². The fraction of sp³-hybridized carbons (Fsp3) is 0.192. The number of nitrogens with one attached hydrogen (secondary N) is 1. The number of carbonyl (C=O) groups is 3. The fourth-order valence-electron chi connectivity index (χ4n) is 4.55. The van der Waals surface area contributed by atoms with Crippen LogP contribution in [0.25, 0.3) is 0 Å². The van der Waals surface area contributed by atoms with Gasteiger partial charge in [0.2, 0.25) is 5.91 Å². The van der Waals surface area contributed by atoms with Gasteiger partial charge in [-0.25, -0.2) is 9.29 Å². The summed E-state index contributed by atoms with van der Waals surface area (Å²) in [5.41, 5.74) is 1.17. The van der Waals surface area contributed by atoms with E-state index in [-0.39, 0.29) is 5.91 Å². The summed E-state index contributed by atoms with van der Waals surface area (Å²) in [4.78, 5) is 40.3. The van der Waals surface area contributed by atoms with Crippen molar-refractivity contribution in [3.63, 3.8) is 0 Å². The van der Waals surface area contributed by atoms with Crippen LogP contribution in [0.3, 0.4) is 0 Å². The van der Waals surface area contributed by atoms with Crippen molar-refractivity contribution in [2.24, 2.45) is 0 Å². The maximum absolute atomic E-state index is 14.0. The second-order valence-electron chi connectivity index (χ2n) is 8.20. The van der Waals surface area contributed by atoms with E-state index in [4.69, 9.17) is 4.74 Å². The molecule has 0 atom stereocenters. The lowest BCUT2D eigenvalue weighted by molar-refractivity contribution is -0.125. The summed E-state index contributed by atoms with van der Waals surface area (Å²) in [7, 11) is 0. The topological polar surface area (TPSA) is 75.7 Å². The number of amides is 3. The third-order valence-electron chi connectivity index (χ3n) is 6.31. The van der Waals surface area contributed by atoms with Gasteiger partial charge in [-0.3, -0.25) is 14.4 Å². The molecule has 3 amide bonds. The van der Waals surface area contributed by atoms with E-state index in [1.54, 1.807) is 60.7 Å². The maximum Gasteiger partial charge on any atom is 0.266 e. The summed E-state index contributed by atoms with van der Waals surface area (Å²) in [5.74, 6) is -1.49. The van der Waals surface area contributed by atoms with Crippen molar-refractivity contribution >= 4 is 29.1 Å². The van der Waals surface area contributed by atoms with E-state index in [0.717, 1.165) is 4.90 Å². The van der Waals surface area contributed by atoms with Crippen LogP contribution in [0.5, 0.6) is 0 Å². The van der Waals surface area contributed by atoms with Crippen molar-refractivity contribution in [1.82, 2.24) is 0 Å². The number of halogens is 1. The van der Waals surface area contributed by atoms with E-state index in [1.165, 1.54) is 12.1 Å². The molecule has 3 aromatic rings. The first-order valence-corrected chi connectivity index (χ1v) is 10.7. The van der Waals surface area contributed by atoms with E-state index >= 15 is 0 Å². The van der Waals surface area contributed by atoms with Crippen molar-refractivity contribution in [3.8, 4) is 0 Å². The average molecular weight is 444 g/mol. The van der Waals surface area contributed by atoms with Crippen LogP contribution in [0.4, 0.5) is 15.8 Å². The van der Waals surface area contributed by atoms with Crippen LogP contribution < -0.4 is 10.2 Å². The normalized spacial score (nSPS) is 17.1. The zero-order valence-corrected chi connectivity index (χ0v) is 17.7. The summed E-state index contributed by atoms with van der Waals surface area (Å²) >= 11 is 0. The molecule has 33 heavy (non-hydrogen) atoms. The Bertz CT molecular complexity index is 1230. The monoisotopic (exact) mass is 444 g/mol. The maximum atomic E-state index is 14.0. The molecule has 5 rings (SSSR count). The van der Waals surface area contributed by atoms with E-state index in [2.05, 4.69) is 5.32 Å². The van der Waals surface area contributed by atoms with Crippen molar-refractivity contribution < 1.29 is 23.5 Å². The number of fused-ring (bicyclic) bond motifs is 1. The number of hydrogen-bond acceptors (Lipinski definition) is 4. The Morgan fingerprint density at radius 1 is 0.879 bits per heavy atom. The molecule has 1 N–H and O–H groups in total. The lowest BCUT2D eigenvalue weighted by Gasteiger charge is -2.36. The van der Waals surface area contributed by atoms with Gasteiger partial charge in [0.1, 0.15) is 5.82 Å². The summed E-state index contributed by atoms with van der Waals surface area (Å²) in [6.45, 7) is 0.776. The van der Waals surface area contributed by atoms with Crippen LogP contribution in [-0.4, -0.2) is 30.9 Å². The van der Waals surface area contributed by atoms with Crippen LogP contribution >= 0.6 is 0 Å². The largest absolute Gasteiger partial charge is 0.381 e. The highest BCUT2D eigenvalue weighted by molar-refractivity contribution is 6.34. The highest BCUT2D eigenvalue weighted by atomic mass is 19.1. The zero-order chi connectivity index (χ0) is 23.0. The Hall–Kier alpha value is -3.84. The summed E-state index contributed by atoms with van der Waals surface area (Å²) in [6.07, 6.45) is 0.834. The molecular formula is C26H21FN2O4. The van der Waals surface area contributed by atoms with Gasteiger partial charge in [-0.1, -0.05) is 30.3 Å². The minimum atomic E-state index is -0.939. The number of anilines is 2. The zero-order valence-electron chi connectivity index (χ0n) is 17.7. The predicted octanol–water partition coefficient (Wildman–Crippen LogP) is 4.31. The number of carbonyl (C=O) groups excluding carboxylic acids is 3. The van der Waals surface area contributed by atoms with Crippen molar-refractivity contribution in [3.05, 3.63) is 95.3 Å². The molecule has 3 aromatic carbocycles. The van der Waals surface area contributed by atoms with Crippen LogP contribution in [-0.2, 0) is 14.9 Å². The molecule has 0 unspecified atom stereocenters. The lowest BCUT2D eigenvalue weighted by Crippen LogP contribution is -2.45. The van der Waals surface area contributed by atoms with E-state index in [9.17, 15) is 18.8 Å². The first kappa shape index (κ1) is 21.0. The molecule has 2 heterocycles. The number of nitrogens with zero attached hydrogens (tertiary/aromatic N) is 1. The van der Waals surface area contributed by atoms with Gasteiger partial charge in [0.25, 0.3) is 11.8 Å². The Kier molecular flexibility index (Phi) is 5.26. The van der Waals surface area contributed by atoms with Crippen LogP contribution in [0, 0.1) is 5.82 Å². The molecule has 0 bridgehead atoms. The second-order valence-corrected chi connectivity index (χ2v) is 8.20. The van der Waals surface area contributed by atoms with Gasteiger partial charge >= 0.3 is 0 Å². The van der Waals surface area contributed by atoms with Crippen LogP contribution in [0.15, 0.2) is 72.8 Å². The quantitative estimate of drug-likeness (QED) is 0.609. The van der Waals surface area contributed by atoms with Gasteiger partial charge in [-0.05, 0) is 60.9 Å². The summed E-state index contributed by atoms with van der Waals surface area (Å²) < 4.78 is 19.4. The summed E-state index contributed by atoms with van der Waals surface area (Å²) in [5, 5.41) is 2.92. The Morgan fingerprint density at radius 3 is 2.21 bits per heavy atom. The smallest absolute Gasteiger partial charge is 0.266 e. The first-order chi connectivity index (χ1) is 16.0. The van der Waals surface area contributed by atoms with Crippen molar-refractivity contribution in [1.29, 1.82) is 0 Å². The third kappa shape index (κ3) is 3.60. The molecule has 0 aliphatic carbocycles. The highest BCUT2D eigenvalue weighted by Gasteiger charge is 2.42. The summed E-state index contributed by atoms with van der Waals surface area (Å²) in [6, 6.07) is 19.4. The minimum Gasteiger partial charge on any atom is -0.381 e. The standard InChI is InChI=1S/C26H21FN2O4/c27-18-6-3-5-17(15-18)26(11-13-33-14-12-26)25(32)28-19-7-4-8-20(16-19)29-23(30)21-9-1-2-10-22(21)24(29)31/h1-10,15-16H,11-14H2,(H,28,32). The molecule has 0 radical (unpaired) electrons. The second kappa shape index (κ2) is 8.26. The number of rotatable bonds is 4. The average Bonchev–Trinajstić information content (AvgIpc) is 3.10. The molecule has 1 fully saturated rings. The van der Waals surface area contributed by atoms with E-state index < -0.39 is 23.0 Å².